The number of hydrogen-bond acceptors (Lipinski definition) is 5. The molecule has 130 valence electrons. The average Bonchev–Trinajstić information content (AvgIpc) is 3.02. The standard InChI is InChI=1S/C17H19BrN5O2/c18-14-10-20-23-16(19-9-12-2-1-5-22(24)11-12)8-15(21-17(14)23)13-3-6-25-7-4-13/h1-2,5,8,10-11,13,19,24H,3-4,6-7,9H2/q+1. The summed E-state index contributed by atoms with van der Waals surface area (Å²) in [5, 5.41) is 17.4. The minimum Gasteiger partial charge on any atom is -0.381 e. The van der Waals surface area contributed by atoms with Gasteiger partial charge < -0.3 is 10.1 Å². The monoisotopic (exact) mass is 404 g/mol. The molecular weight excluding hydrogens is 386 g/mol. The van der Waals surface area contributed by atoms with E-state index in [9.17, 15) is 5.21 Å². The summed E-state index contributed by atoms with van der Waals surface area (Å²) in [6, 6.07) is 5.83. The van der Waals surface area contributed by atoms with Gasteiger partial charge in [0.05, 0.1) is 10.7 Å². The largest absolute Gasteiger partial charge is 0.381 e. The Morgan fingerprint density at radius 3 is 3.04 bits per heavy atom. The highest BCUT2D eigenvalue weighted by molar-refractivity contribution is 9.10. The number of nitrogens with zero attached hydrogens (tertiary/aromatic N) is 4. The third kappa shape index (κ3) is 3.45. The van der Waals surface area contributed by atoms with Crippen LogP contribution in [0.15, 0.2) is 41.3 Å². The zero-order valence-corrected chi connectivity index (χ0v) is 15.2. The van der Waals surface area contributed by atoms with E-state index in [1.54, 1.807) is 29.2 Å². The van der Waals surface area contributed by atoms with E-state index in [-0.39, 0.29) is 0 Å². The lowest BCUT2D eigenvalue weighted by Gasteiger charge is -2.22. The van der Waals surface area contributed by atoms with Gasteiger partial charge in [-0.15, -0.1) is 0 Å². The molecular formula is C17H19BrN5O2+. The molecule has 2 N–H and O–H groups in total. The fourth-order valence-corrected chi connectivity index (χ4v) is 3.44. The molecule has 0 saturated carbocycles. The van der Waals surface area contributed by atoms with Crippen LogP contribution in [-0.4, -0.2) is 33.0 Å². The lowest BCUT2D eigenvalue weighted by atomic mass is 9.96. The normalized spacial score (nSPS) is 15.6. The van der Waals surface area contributed by atoms with Crippen molar-refractivity contribution in [2.45, 2.75) is 25.3 Å². The number of halogens is 1. The van der Waals surface area contributed by atoms with Crippen molar-refractivity contribution >= 4 is 27.4 Å². The zero-order valence-electron chi connectivity index (χ0n) is 13.6. The fourth-order valence-electron chi connectivity index (χ4n) is 3.09. The highest BCUT2D eigenvalue weighted by Crippen LogP contribution is 2.29. The summed E-state index contributed by atoms with van der Waals surface area (Å²) < 4.78 is 9.19. The van der Waals surface area contributed by atoms with Crippen LogP contribution in [-0.2, 0) is 11.3 Å². The maximum atomic E-state index is 9.54. The predicted octanol–water partition coefficient (Wildman–Crippen LogP) is 2.52. The molecule has 1 fully saturated rings. The first-order valence-electron chi connectivity index (χ1n) is 8.26. The van der Waals surface area contributed by atoms with Gasteiger partial charge in [0.2, 0.25) is 12.4 Å². The third-order valence-electron chi connectivity index (χ3n) is 4.41. The Kier molecular flexibility index (Phi) is 4.54. The SMILES string of the molecule is O[n+]1cccc(CNc2cc(C3CCOCC3)nc3c(Br)cnn23)c1. The predicted molar refractivity (Wildman–Crippen MR) is 94.6 cm³/mol. The second kappa shape index (κ2) is 6.97. The van der Waals surface area contributed by atoms with E-state index in [4.69, 9.17) is 9.72 Å². The van der Waals surface area contributed by atoms with E-state index in [2.05, 4.69) is 32.4 Å². The van der Waals surface area contributed by atoms with Gasteiger partial charge in [-0.3, -0.25) is 5.21 Å². The van der Waals surface area contributed by atoms with Gasteiger partial charge in [0.1, 0.15) is 5.82 Å². The van der Waals surface area contributed by atoms with E-state index in [1.807, 2.05) is 6.07 Å². The van der Waals surface area contributed by atoms with E-state index >= 15 is 0 Å². The van der Waals surface area contributed by atoms with Crippen LogP contribution in [0.25, 0.3) is 5.65 Å². The van der Waals surface area contributed by atoms with Crippen molar-refractivity contribution in [3.63, 3.8) is 0 Å². The number of ether oxygens (including phenoxy) is 1. The van der Waals surface area contributed by atoms with E-state index in [0.717, 1.165) is 58.0 Å². The summed E-state index contributed by atoms with van der Waals surface area (Å²) in [5.41, 5.74) is 2.83. The second-order valence-corrected chi connectivity index (χ2v) is 6.98. The molecule has 4 rings (SSSR count). The number of anilines is 1. The molecule has 1 aliphatic rings. The molecule has 1 aliphatic heterocycles. The molecule has 0 unspecified atom stereocenters. The van der Waals surface area contributed by atoms with Crippen LogP contribution in [0.4, 0.5) is 5.82 Å². The molecule has 25 heavy (non-hydrogen) atoms. The summed E-state index contributed by atoms with van der Waals surface area (Å²) in [5.74, 6) is 1.28. The molecule has 0 atom stereocenters. The molecule has 3 aromatic heterocycles. The van der Waals surface area contributed by atoms with Gasteiger partial charge >= 0.3 is 0 Å². The zero-order chi connectivity index (χ0) is 17.2. The second-order valence-electron chi connectivity index (χ2n) is 6.13. The Morgan fingerprint density at radius 2 is 2.24 bits per heavy atom. The van der Waals surface area contributed by atoms with Crippen molar-refractivity contribution in [3.8, 4) is 0 Å². The Bertz CT molecular complexity index is 892. The summed E-state index contributed by atoms with van der Waals surface area (Å²) in [7, 11) is 0. The molecule has 0 radical (unpaired) electrons. The topological polar surface area (TPSA) is 75.6 Å². The van der Waals surface area contributed by atoms with Crippen LogP contribution in [0, 0.1) is 0 Å². The van der Waals surface area contributed by atoms with E-state index in [0.29, 0.717) is 12.5 Å². The molecule has 0 amide bonds. The van der Waals surface area contributed by atoms with Crippen LogP contribution in [0.5, 0.6) is 0 Å². The van der Waals surface area contributed by atoms with Gasteiger partial charge in [0.25, 0.3) is 0 Å². The molecule has 4 heterocycles. The molecule has 0 aliphatic carbocycles. The summed E-state index contributed by atoms with van der Waals surface area (Å²) >= 11 is 3.53. The Labute approximate surface area is 153 Å². The fraction of sp³-hybridized carbons (Fsp3) is 0.353. The van der Waals surface area contributed by atoms with Crippen LogP contribution in [0.2, 0.25) is 0 Å². The molecule has 7 nitrogen and oxygen atoms in total. The molecule has 0 spiro atoms. The van der Waals surface area contributed by atoms with Gasteiger partial charge in [0.15, 0.2) is 5.65 Å². The first-order chi connectivity index (χ1) is 12.2. The third-order valence-corrected chi connectivity index (χ3v) is 4.97. The number of nitrogens with one attached hydrogen (secondary N) is 1. The van der Waals surface area contributed by atoms with Gasteiger partial charge in [-0.2, -0.15) is 9.61 Å². The number of aromatic nitrogens is 4. The lowest BCUT2D eigenvalue weighted by molar-refractivity contribution is -0.905. The molecule has 1 saturated heterocycles. The van der Waals surface area contributed by atoms with Gasteiger partial charge in [-0.05, 0) is 34.8 Å². The molecule has 8 heteroatoms. The number of rotatable bonds is 4. The minimum absolute atomic E-state index is 0.400. The van der Waals surface area contributed by atoms with Crippen LogP contribution < -0.4 is 10.0 Å². The first-order valence-corrected chi connectivity index (χ1v) is 9.05. The quantitative estimate of drug-likeness (QED) is 0.516. The van der Waals surface area contributed by atoms with Crippen molar-refractivity contribution < 1.29 is 14.7 Å². The molecule has 0 aromatic carbocycles. The maximum absolute atomic E-state index is 9.54. The summed E-state index contributed by atoms with van der Waals surface area (Å²) in [6.45, 7) is 2.13. The van der Waals surface area contributed by atoms with Crippen LogP contribution in [0.1, 0.15) is 30.0 Å². The lowest BCUT2D eigenvalue weighted by Crippen LogP contribution is -2.29. The molecule has 3 aromatic rings. The maximum Gasteiger partial charge on any atom is 0.227 e. The van der Waals surface area contributed by atoms with Crippen molar-refractivity contribution in [2.75, 3.05) is 18.5 Å². The van der Waals surface area contributed by atoms with Crippen LogP contribution in [0.3, 0.4) is 0 Å². The van der Waals surface area contributed by atoms with E-state index in [1.165, 1.54) is 0 Å². The number of pyridine rings is 1. The van der Waals surface area contributed by atoms with Crippen molar-refractivity contribution in [1.82, 2.24) is 14.6 Å². The van der Waals surface area contributed by atoms with Gasteiger partial charge in [-0.25, -0.2) is 4.98 Å². The smallest absolute Gasteiger partial charge is 0.227 e. The number of fused-ring (bicyclic) bond motifs is 1. The number of hydrogen-bond donors (Lipinski definition) is 2. The highest BCUT2D eigenvalue weighted by Gasteiger charge is 2.20. The van der Waals surface area contributed by atoms with Crippen molar-refractivity contribution in [2.24, 2.45) is 0 Å². The van der Waals surface area contributed by atoms with Crippen molar-refractivity contribution in [3.05, 3.63) is 52.5 Å². The Morgan fingerprint density at radius 1 is 1.40 bits per heavy atom. The van der Waals surface area contributed by atoms with Gasteiger partial charge in [-0.1, -0.05) is 0 Å². The Hall–Kier alpha value is -2.19. The highest BCUT2D eigenvalue weighted by atomic mass is 79.9. The Balaban J connectivity index is 1.66. The van der Waals surface area contributed by atoms with E-state index < -0.39 is 0 Å². The molecule has 0 bridgehead atoms. The minimum atomic E-state index is 0.400. The summed E-state index contributed by atoms with van der Waals surface area (Å²) in [6.07, 6.45) is 6.98. The van der Waals surface area contributed by atoms with Gasteiger partial charge in [0, 0.05) is 53.8 Å². The summed E-state index contributed by atoms with van der Waals surface area (Å²) in [4.78, 5) is 4.80. The first kappa shape index (κ1) is 16.3. The average molecular weight is 405 g/mol. The van der Waals surface area contributed by atoms with Crippen LogP contribution >= 0.6 is 15.9 Å². The van der Waals surface area contributed by atoms with Crippen molar-refractivity contribution in [1.29, 1.82) is 0 Å².